The van der Waals surface area contributed by atoms with Crippen LogP contribution in [0.15, 0.2) is 85.0 Å². The summed E-state index contributed by atoms with van der Waals surface area (Å²) >= 11 is 5.14. The first kappa shape index (κ1) is 27.1. The van der Waals surface area contributed by atoms with Crippen molar-refractivity contribution < 1.29 is 30.4 Å². The Morgan fingerprint density at radius 1 is 0.692 bits per heavy atom. The predicted molar refractivity (Wildman–Crippen MR) is 107 cm³/mol. The number of hydrogen-bond donors (Lipinski definition) is 0. The molecule has 1 aliphatic rings. The van der Waals surface area contributed by atoms with E-state index in [0.29, 0.717) is 0 Å². The van der Waals surface area contributed by atoms with E-state index in [1.54, 1.807) is 0 Å². The Kier molecular flexibility index (Phi) is 21.0. The molecule has 26 heavy (non-hydrogen) atoms. The normalized spacial score (nSPS) is 10.1. The van der Waals surface area contributed by atoms with E-state index in [1.165, 1.54) is 10.6 Å². The standard InChI is InChI=1S/C14H15PS.C5H5.2CO.Mo/c16-12-11-15(13-7-3-1-4-8-13)14-9-5-2-6-10-14;1-2-4-5-3-1;2*1-2;/h1-10,16H,11-12H2;1-5H;;;/p-1. The molecule has 0 unspecified atom stereocenters. The minimum absolute atomic E-state index is 0. The molecule has 0 aromatic heterocycles. The molecular formula is C21H19MoO2PS-. The first-order chi connectivity index (χ1) is 12.4. The van der Waals surface area contributed by atoms with Crippen LogP contribution in [0.25, 0.3) is 0 Å². The topological polar surface area (TPSA) is 39.8 Å². The van der Waals surface area contributed by atoms with Gasteiger partial charge >= 0.3 is 22.6 Å². The maximum absolute atomic E-state index is 7.50. The van der Waals surface area contributed by atoms with Crippen LogP contribution in [-0.2, 0) is 43.0 Å². The van der Waals surface area contributed by atoms with Gasteiger partial charge in [-0.25, -0.2) is 0 Å². The van der Waals surface area contributed by atoms with E-state index >= 15 is 0 Å². The van der Waals surface area contributed by atoms with Gasteiger partial charge in [-0.2, -0.15) is 5.75 Å². The van der Waals surface area contributed by atoms with Gasteiger partial charge in [0.15, 0.2) is 0 Å². The SMILES string of the molecule is [C-]#[O+].[C-]#[O+].[CH]1C=CC=C1.[Mo].[S-]CCP(c1ccccc1)c1ccccc1. The van der Waals surface area contributed by atoms with Crippen molar-refractivity contribution in [3.8, 4) is 0 Å². The van der Waals surface area contributed by atoms with Crippen molar-refractivity contribution in [3.05, 3.63) is 105 Å². The molecule has 0 amide bonds. The average Bonchev–Trinajstić information content (AvgIpc) is 3.31. The largest absolute Gasteiger partial charge is 0.792 e. The number of hydrogen-bond acceptors (Lipinski definition) is 1. The fourth-order valence-corrected chi connectivity index (χ4v) is 4.64. The first-order valence-electron chi connectivity index (χ1n) is 7.45. The maximum Gasteiger partial charge on any atom is 0.00506 e. The molecule has 3 rings (SSSR count). The Hall–Kier alpha value is -1.13. The Bertz CT molecular complexity index is 599. The van der Waals surface area contributed by atoms with Crippen molar-refractivity contribution in [1.29, 1.82) is 0 Å². The van der Waals surface area contributed by atoms with Crippen LogP contribution in [0.5, 0.6) is 0 Å². The maximum atomic E-state index is 7.50. The van der Waals surface area contributed by atoms with Crippen molar-refractivity contribution >= 4 is 31.2 Å². The minimum atomic E-state index is -0.255. The molecule has 2 nitrogen and oxygen atoms in total. The summed E-state index contributed by atoms with van der Waals surface area (Å²) in [6.45, 7) is 9.00. The van der Waals surface area contributed by atoms with Gasteiger partial charge in [-0.3, -0.25) is 0 Å². The third-order valence-electron chi connectivity index (χ3n) is 3.01. The van der Waals surface area contributed by atoms with Crippen molar-refractivity contribution in [2.24, 2.45) is 0 Å². The minimum Gasteiger partial charge on any atom is -0.792 e. The molecule has 0 heterocycles. The second kappa shape index (κ2) is 20.2. The van der Waals surface area contributed by atoms with E-state index in [-0.39, 0.29) is 29.0 Å². The fourth-order valence-electron chi connectivity index (χ4n) is 2.04. The third kappa shape index (κ3) is 11.5. The molecule has 2 aromatic rings. The molecule has 2 aromatic carbocycles. The van der Waals surface area contributed by atoms with Crippen molar-refractivity contribution in [2.45, 2.75) is 0 Å². The summed E-state index contributed by atoms with van der Waals surface area (Å²) in [5.41, 5.74) is 0. The Balaban J connectivity index is 0. The smallest absolute Gasteiger partial charge is 0.00506 e. The summed E-state index contributed by atoms with van der Waals surface area (Å²) in [6.07, 6.45) is 11.1. The van der Waals surface area contributed by atoms with E-state index in [9.17, 15) is 0 Å². The monoisotopic (exact) mass is 464 g/mol. The van der Waals surface area contributed by atoms with Gasteiger partial charge in [0.2, 0.25) is 0 Å². The van der Waals surface area contributed by atoms with Crippen molar-refractivity contribution in [3.63, 3.8) is 0 Å². The van der Waals surface area contributed by atoms with Crippen LogP contribution in [0.3, 0.4) is 0 Å². The molecule has 5 heteroatoms. The molecule has 1 radical (unpaired) electrons. The number of allylic oxidation sites excluding steroid dienone is 4. The van der Waals surface area contributed by atoms with Gasteiger partial charge in [0.1, 0.15) is 0 Å². The summed E-state index contributed by atoms with van der Waals surface area (Å²) in [7, 11) is -0.255. The molecule has 0 aliphatic heterocycles. The summed E-state index contributed by atoms with van der Waals surface area (Å²) < 4.78 is 15.0. The van der Waals surface area contributed by atoms with Crippen LogP contribution in [0.2, 0.25) is 0 Å². The van der Waals surface area contributed by atoms with Crippen LogP contribution < -0.4 is 10.6 Å². The van der Waals surface area contributed by atoms with Gasteiger partial charge in [0.05, 0.1) is 0 Å². The van der Waals surface area contributed by atoms with Gasteiger partial charge in [-0.15, -0.1) is 0 Å². The van der Waals surface area contributed by atoms with E-state index in [0.717, 1.165) is 11.9 Å². The molecule has 0 N–H and O–H groups in total. The summed E-state index contributed by atoms with van der Waals surface area (Å²) in [5.74, 6) is 0.829. The summed E-state index contributed by atoms with van der Waals surface area (Å²) in [5, 5.41) is 2.85. The van der Waals surface area contributed by atoms with Gasteiger partial charge < -0.3 is 12.6 Å². The Morgan fingerprint density at radius 2 is 1.08 bits per heavy atom. The molecule has 0 bridgehead atoms. The van der Waals surface area contributed by atoms with Crippen LogP contribution >= 0.6 is 7.92 Å². The predicted octanol–water partition coefficient (Wildman–Crippen LogP) is 3.91. The summed E-state index contributed by atoms with van der Waals surface area (Å²) in [6, 6.07) is 21.4. The van der Waals surface area contributed by atoms with Crippen LogP contribution in [0.4, 0.5) is 0 Å². The Labute approximate surface area is 177 Å². The molecule has 1 aliphatic carbocycles. The number of rotatable bonds is 4. The molecule has 0 fully saturated rings. The van der Waals surface area contributed by atoms with Gasteiger partial charge in [-0.05, 0) is 24.7 Å². The Morgan fingerprint density at radius 3 is 1.35 bits per heavy atom. The van der Waals surface area contributed by atoms with Gasteiger partial charge in [-0.1, -0.05) is 85.0 Å². The van der Waals surface area contributed by atoms with E-state index in [2.05, 4.69) is 74.0 Å². The van der Waals surface area contributed by atoms with E-state index < -0.39 is 0 Å². The molecule has 0 atom stereocenters. The third-order valence-corrected chi connectivity index (χ3v) is 6.03. The molecular weight excluding hydrogens is 443 g/mol. The van der Waals surface area contributed by atoms with Gasteiger partial charge in [0.25, 0.3) is 0 Å². The van der Waals surface area contributed by atoms with Crippen LogP contribution in [-0.4, -0.2) is 11.9 Å². The molecule has 133 valence electrons. The molecule has 0 saturated heterocycles. The zero-order valence-corrected chi connectivity index (χ0v) is 17.9. The molecule has 0 saturated carbocycles. The van der Waals surface area contributed by atoms with Crippen LogP contribution in [0.1, 0.15) is 0 Å². The van der Waals surface area contributed by atoms with Crippen molar-refractivity contribution in [2.75, 3.05) is 11.9 Å². The fraction of sp³-hybridized carbons (Fsp3) is 0.0952. The van der Waals surface area contributed by atoms with Gasteiger partial charge in [0, 0.05) is 27.5 Å². The summed E-state index contributed by atoms with van der Waals surface area (Å²) in [4.78, 5) is 0. The van der Waals surface area contributed by atoms with E-state index in [4.69, 9.17) is 21.9 Å². The van der Waals surface area contributed by atoms with E-state index in [1.807, 2.05) is 30.7 Å². The first-order valence-corrected chi connectivity index (χ1v) is 9.55. The van der Waals surface area contributed by atoms with Crippen LogP contribution in [0, 0.1) is 19.7 Å². The second-order valence-corrected chi connectivity index (χ2v) is 7.23. The number of benzene rings is 2. The zero-order valence-electron chi connectivity index (χ0n) is 14.2. The second-order valence-electron chi connectivity index (χ2n) is 4.49. The van der Waals surface area contributed by atoms with Crippen molar-refractivity contribution in [1.82, 2.24) is 0 Å². The quantitative estimate of drug-likeness (QED) is 0.223. The zero-order chi connectivity index (χ0) is 18.8. The average molecular weight is 462 g/mol. The molecule has 0 spiro atoms.